The molecule has 2 unspecified atom stereocenters. The number of imidazole rings is 2. The predicted octanol–water partition coefficient (Wildman–Crippen LogP) is 2.45. The van der Waals surface area contributed by atoms with E-state index in [4.69, 9.17) is 9.72 Å². The standard InChI is InChI=1S/C20H25N5O3/c1-28-16-2-3-17-18(8-16)24-19(23-17)6-14-10-25(11-15-9-21-12-22-15)5-4-13(14)7-20(26)27/h2-3,8-9,12-14H,4-7,10-11H2,1H3,(H,21,22)(H,23,24)(H,26,27). The highest BCUT2D eigenvalue weighted by Crippen LogP contribution is 2.30. The first-order valence-electron chi connectivity index (χ1n) is 9.54. The zero-order valence-electron chi connectivity index (χ0n) is 15.9. The number of carbonyl (C=O) groups is 1. The van der Waals surface area contributed by atoms with E-state index in [0.29, 0.717) is 0 Å². The van der Waals surface area contributed by atoms with Gasteiger partial charge in [-0.15, -0.1) is 0 Å². The van der Waals surface area contributed by atoms with Crippen molar-refractivity contribution in [1.82, 2.24) is 24.8 Å². The summed E-state index contributed by atoms with van der Waals surface area (Å²) in [7, 11) is 1.64. The van der Waals surface area contributed by atoms with Crippen molar-refractivity contribution in [3.05, 3.63) is 42.2 Å². The number of aromatic nitrogens is 4. The molecule has 1 fully saturated rings. The largest absolute Gasteiger partial charge is 0.497 e. The number of nitrogens with one attached hydrogen (secondary N) is 2. The smallest absolute Gasteiger partial charge is 0.303 e. The second kappa shape index (κ2) is 8.02. The Balaban J connectivity index is 1.51. The summed E-state index contributed by atoms with van der Waals surface area (Å²) in [5.41, 5.74) is 2.91. The highest BCUT2D eigenvalue weighted by molar-refractivity contribution is 5.76. The molecule has 0 aliphatic carbocycles. The minimum Gasteiger partial charge on any atom is -0.497 e. The highest BCUT2D eigenvalue weighted by Gasteiger charge is 2.31. The second-order valence-corrected chi connectivity index (χ2v) is 7.49. The number of rotatable bonds is 7. The van der Waals surface area contributed by atoms with Crippen LogP contribution in [0.2, 0.25) is 0 Å². The Bertz CT molecular complexity index is 937. The number of H-pyrrole nitrogens is 2. The fourth-order valence-corrected chi connectivity index (χ4v) is 4.15. The van der Waals surface area contributed by atoms with Gasteiger partial charge in [-0.05, 0) is 36.9 Å². The third kappa shape index (κ3) is 4.17. The van der Waals surface area contributed by atoms with Crippen LogP contribution in [-0.4, -0.2) is 56.1 Å². The van der Waals surface area contributed by atoms with Gasteiger partial charge in [0, 0.05) is 43.9 Å². The van der Waals surface area contributed by atoms with Gasteiger partial charge in [-0.25, -0.2) is 9.97 Å². The number of hydrogen-bond acceptors (Lipinski definition) is 5. The van der Waals surface area contributed by atoms with Crippen molar-refractivity contribution in [1.29, 1.82) is 0 Å². The third-order valence-electron chi connectivity index (χ3n) is 5.55. The zero-order valence-corrected chi connectivity index (χ0v) is 15.9. The van der Waals surface area contributed by atoms with Crippen LogP contribution >= 0.6 is 0 Å². The fourth-order valence-electron chi connectivity index (χ4n) is 4.15. The van der Waals surface area contributed by atoms with Gasteiger partial charge in [-0.3, -0.25) is 9.69 Å². The molecule has 1 aliphatic rings. The van der Waals surface area contributed by atoms with Crippen LogP contribution in [0.25, 0.3) is 11.0 Å². The number of ether oxygens (including phenoxy) is 1. The van der Waals surface area contributed by atoms with Gasteiger partial charge >= 0.3 is 5.97 Å². The van der Waals surface area contributed by atoms with E-state index in [1.165, 1.54) is 0 Å². The first-order valence-corrected chi connectivity index (χ1v) is 9.54. The molecule has 3 N–H and O–H groups in total. The van der Waals surface area contributed by atoms with E-state index in [2.05, 4.69) is 19.9 Å². The molecule has 0 spiro atoms. The van der Waals surface area contributed by atoms with Crippen LogP contribution < -0.4 is 4.74 Å². The number of benzene rings is 1. The third-order valence-corrected chi connectivity index (χ3v) is 5.55. The molecule has 28 heavy (non-hydrogen) atoms. The number of hydrogen-bond donors (Lipinski definition) is 3. The quantitative estimate of drug-likeness (QED) is 0.578. The molecule has 0 amide bonds. The van der Waals surface area contributed by atoms with E-state index in [0.717, 1.165) is 60.8 Å². The molecule has 3 heterocycles. The van der Waals surface area contributed by atoms with Crippen LogP contribution in [0, 0.1) is 11.8 Å². The Morgan fingerprint density at radius 2 is 2.29 bits per heavy atom. The van der Waals surface area contributed by atoms with Crippen LogP contribution in [0.1, 0.15) is 24.4 Å². The number of carboxylic acid groups (broad SMARTS) is 1. The van der Waals surface area contributed by atoms with E-state index in [-0.39, 0.29) is 18.3 Å². The second-order valence-electron chi connectivity index (χ2n) is 7.49. The molecule has 8 heteroatoms. The number of fused-ring (bicyclic) bond motifs is 1. The van der Waals surface area contributed by atoms with Crippen LogP contribution in [0.5, 0.6) is 5.75 Å². The van der Waals surface area contributed by atoms with Gasteiger partial charge in [-0.1, -0.05) is 0 Å². The van der Waals surface area contributed by atoms with Crippen molar-refractivity contribution in [2.24, 2.45) is 11.8 Å². The molecule has 1 aliphatic heterocycles. The molecule has 0 radical (unpaired) electrons. The Morgan fingerprint density at radius 1 is 1.39 bits per heavy atom. The summed E-state index contributed by atoms with van der Waals surface area (Å²) in [5.74, 6) is 1.33. The number of piperidine rings is 1. The van der Waals surface area contributed by atoms with Crippen molar-refractivity contribution < 1.29 is 14.6 Å². The molecule has 2 aromatic heterocycles. The Labute approximate surface area is 163 Å². The molecule has 4 rings (SSSR count). The lowest BCUT2D eigenvalue weighted by Crippen LogP contribution is -2.41. The molecule has 1 saturated heterocycles. The van der Waals surface area contributed by atoms with E-state index in [1.54, 1.807) is 13.4 Å². The molecular weight excluding hydrogens is 358 g/mol. The van der Waals surface area contributed by atoms with Crippen LogP contribution in [-0.2, 0) is 17.8 Å². The van der Waals surface area contributed by atoms with Gasteiger partial charge in [0.15, 0.2) is 0 Å². The number of methoxy groups -OCH3 is 1. The Kier molecular flexibility index (Phi) is 5.29. The molecule has 1 aromatic carbocycles. The average molecular weight is 383 g/mol. The van der Waals surface area contributed by atoms with Crippen LogP contribution in [0.15, 0.2) is 30.7 Å². The summed E-state index contributed by atoms with van der Waals surface area (Å²) in [6.07, 6.45) is 5.34. The summed E-state index contributed by atoms with van der Waals surface area (Å²) < 4.78 is 5.28. The minimum absolute atomic E-state index is 0.151. The molecule has 8 nitrogen and oxygen atoms in total. The van der Waals surface area contributed by atoms with E-state index in [1.807, 2.05) is 24.4 Å². The molecule has 0 saturated carbocycles. The monoisotopic (exact) mass is 383 g/mol. The first-order chi connectivity index (χ1) is 13.6. The zero-order chi connectivity index (χ0) is 19.5. The summed E-state index contributed by atoms with van der Waals surface area (Å²) in [6.45, 7) is 2.54. The highest BCUT2D eigenvalue weighted by atomic mass is 16.5. The lowest BCUT2D eigenvalue weighted by Gasteiger charge is -2.37. The fraction of sp³-hybridized carbons (Fsp3) is 0.450. The number of carboxylic acids is 1. The Hall–Kier alpha value is -2.87. The van der Waals surface area contributed by atoms with E-state index in [9.17, 15) is 9.90 Å². The summed E-state index contributed by atoms with van der Waals surface area (Å²) in [6, 6.07) is 5.77. The number of likely N-dealkylation sites (tertiary alicyclic amines) is 1. The van der Waals surface area contributed by atoms with Gasteiger partial charge in [0.1, 0.15) is 11.6 Å². The van der Waals surface area contributed by atoms with Crippen molar-refractivity contribution in [2.75, 3.05) is 20.2 Å². The van der Waals surface area contributed by atoms with Crippen molar-refractivity contribution in [2.45, 2.75) is 25.8 Å². The van der Waals surface area contributed by atoms with Gasteiger partial charge < -0.3 is 19.8 Å². The van der Waals surface area contributed by atoms with E-state index >= 15 is 0 Å². The maximum absolute atomic E-state index is 11.4. The van der Waals surface area contributed by atoms with Crippen LogP contribution in [0.3, 0.4) is 0 Å². The van der Waals surface area contributed by atoms with Gasteiger partial charge in [0.2, 0.25) is 0 Å². The first kappa shape index (κ1) is 18.5. The SMILES string of the molecule is COc1ccc2nc(CC3CN(Cc4cnc[nH]4)CCC3CC(=O)O)[nH]c2c1. The van der Waals surface area contributed by atoms with Gasteiger partial charge in [-0.2, -0.15) is 0 Å². The number of aromatic amines is 2. The number of nitrogens with zero attached hydrogens (tertiary/aromatic N) is 3. The summed E-state index contributed by atoms with van der Waals surface area (Å²) in [5, 5.41) is 9.33. The molecule has 3 aromatic rings. The average Bonchev–Trinajstić information content (AvgIpc) is 3.32. The van der Waals surface area contributed by atoms with Crippen LogP contribution in [0.4, 0.5) is 0 Å². The maximum atomic E-state index is 11.4. The topological polar surface area (TPSA) is 107 Å². The van der Waals surface area contributed by atoms with Crippen molar-refractivity contribution in [3.63, 3.8) is 0 Å². The van der Waals surface area contributed by atoms with Crippen molar-refractivity contribution >= 4 is 17.0 Å². The molecular formula is C20H25N5O3. The summed E-state index contributed by atoms with van der Waals surface area (Å²) >= 11 is 0. The lowest BCUT2D eigenvalue weighted by molar-refractivity contribution is -0.139. The number of aliphatic carboxylic acids is 1. The van der Waals surface area contributed by atoms with E-state index < -0.39 is 5.97 Å². The molecule has 148 valence electrons. The summed E-state index contributed by atoms with van der Waals surface area (Å²) in [4.78, 5) is 29.0. The minimum atomic E-state index is -0.730. The van der Waals surface area contributed by atoms with Gasteiger partial charge in [0.25, 0.3) is 0 Å². The molecule has 0 bridgehead atoms. The van der Waals surface area contributed by atoms with Gasteiger partial charge in [0.05, 0.1) is 24.5 Å². The normalized spacial score (nSPS) is 20.5. The predicted molar refractivity (Wildman–Crippen MR) is 104 cm³/mol. The Morgan fingerprint density at radius 3 is 3.04 bits per heavy atom. The molecule has 2 atom stereocenters. The lowest BCUT2D eigenvalue weighted by atomic mass is 9.81. The maximum Gasteiger partial charge on any atom is 0.303 e. The van der Waals surface area contributed by atoms with Crippen molar-refractivity contribution in [3.8, 4) is 5.75 Å².